The van der Waals surface area contributed by atoms with Gasteiger partial charge in [-0.05, 0) is 35.7 Å². The fourth-order valence-electron chi connectivity index (χ4n) is 3.71. The summed E-state index contributed by atoms with van der Waals surface area (Å²) >= 11 is 2.10. The summed E-state index contributed by atoms with van der Waals surface area (Å²) in [6.45, 7) is 1.30. The average molecular weight is 487 g/mol. The molecule has 0 amide bonds. The van der Waals surface area contributed by atoms with Crippen molar-refractivity contribution in [1.29, 1.82) is 0 Å². The first-order chi connectivity index (χ1) is 15.8. The summed E-state index contributed by atoms with van der Waals surface area (Å²) < 4.78 is 42.5. The molecule has 33 heavy (non-hydrogen) atoms. The van der Waals surface area contributed by atoms with Gasteiger partial charge in [0.25, 0.3) is 0 Å². The molecule has 0 fully saturated rings. The van der Waals surface area contributed by atoms with Gasteiger partial charge in [-0.1, -0.05) is 55.1 Å². The number of rotatable bonds is 5. The summed E-state index contributed by atoms with van der Waals surface area (Å²) in [6.07, 6.45) is -2.51. The standard InChI is InChI=1S/C23H17F3N4OS2/c1-2-22(31,23(24,25)26)19-12-27-21(33-19)32-15-8-9-16-17(14-6-4-3-5-7-14)11-20-29-28-13-30(20)18(16)10-15/h3-13,31H,2H2,1H3. The van der Waals surface area contributed by atoms with Crippen LogP contribution in [0.15, 0.2) is 76.4 Å². The molecule has 0 bridgehead atoms. The van der Waals surface area contributed by atoms with Gasteiger partial charge in [0.2, 0.25) is 0 Å². The van der Waals surface area contributed by atoms with E-state index in [9.17, 15) is 18.3 Å². The molecule has 1 atom stereocenters. The monoisotopic (exact) mass is 486 g/mol. The Morgan fingerprint density at radius 3 is 2.61 bits per heavy atom. The molecule has 3 aromatic heterocycles. The summed E-state index contributed by atoms with van der Waals surface area (Å²) in [5.74, 6) is 0. The minimum atomic E-state index is -4.77. The first-order valence-corrected chi connectivity index (χ1v) is 11.7. The van der Waals surface area contributed by atoms with Crippen LogP contribution in [0.25, 0.3) is 27.7 Å². The van der Waals surface area contributed by atoms with E-state index in [1.807, 2.05) is 59.0 Å². The van der Waals surface area contributed by atoms with Crippen LogP contribution in [0.3, 0.4) is 0 Å². The number of alkyl halides is 3. The zero-order chi connectivity index (χ0) is 23.2. The van der Waals surface area contributed by atoms with E-state index in [4.69, 9.17) is 0 Å². The maximum atomic E-state index is 13.4. The first kappa shape index (κ1) is 21.9. The Kier molecular flexibility index (Phi) is 5.38. The predicted octanol–water partition coefficient (Wildman–Crippen LogP) is 6.32. The molecule has 10 heteroatoms. The van der Waals surface area contributed by atoms with Crippen molar-refractivity contribution in [3.05, 3.63) is 72.0 Å². The topological polar surface area (TPSA) is 63.3 Å². The molecule has 0 aliphatic carbocycles. The highest BCUT2D eigenvalue weighted by molar-refractivity contribution is 8.01. The quantitative estimate of drug-likeness (QED) is 0.315. The SMILES string of the molecule is CCC(O)(c1cnc(Sc2ccc3c(-c4ccccc4)cc4nncn4c3c2)s1)C(F)(F)F. The average Bonchev–Trinajstić information content (AvgIpc) is 3.47. The van der Waals surface area contributed by atoms with Gasteiger partial charge >= 0.3 is 6.18 Å². The highest BCUT2D eigenvalue weighted by Gasteiger charge is 2.54. The number of halogens is 3. The number of aliphatic hydroxyl groups is 1. The van der Waals surface area contributed by atoms with Gasteiger partial charge in [-0.2, -0.15) is 13.2 Å². The number of hydrogen-bond acceptors (Lipinski definition) is 6. The number of pyridine rings is 1. The fraction of sp³-hybridized carbons (Fsp3) is 0.174. The van der Waals surface area contributed by atoms with Crippen molar-refractivity contribution in [2.24, 2.45) is 0 Å². The number of fused-ring (bicyclic) bond motifs is 3. The van der Waals surface area contributed by atoms with E-state index in [-0.39, 0.29) is 4.88 Å². The smallest absolute Gasteiger partial charge is 0.376 e. The minimum Gasteiger partial charge on any atom is -0.376 e. The van der Waals surface area contributed by atoms with Crippen molar-refractivity contribution >= 4 is 39.6 Å². The molecule has 5 aromatic rings. The van der Waals surface area contributed by atoms with Gasteiger partial charge in [0.1, 0.15) is 6.33 Å². The normalized spacial score (nSPS) is 14.1. The van der Waals surface area contributed by atoms with Crippen LogP contribution >= 0.6 is 23.1 Å². The van der Waals surface area contributed by atoms with Crippen molar-refractivity contribution in [2.45, 2.75) is 34.4 Å². The second-order valence-corrected chi connectivity index (χ2v) is 9.82. The summed E-state index contributed by atoms with van der Waals surface area (Å²) in [4.78, 5) is 4.71. The zero-order valence-electron chi connectivity index (χ0n) is 17.2. The predicted molar refractivity (Wildman–Crippen MR) is 122 cm³/mol. The van der Waals surface area contributed by atoms with Gasteiger partial charge in [-0.3, -0.25) is 4.40 Å². The summed E-state index contributed by atoms with van der Waals surface area (Å²) in [5, 5.41) is 19.4. The summed E-state index contributed by atoms with van der Waals surface area (Å²) in [5.41, 5.74) is 0.726. The highest BCUT2D eigenvalue weighted by atomic mass is 32.2. The van der Waals surface area contributed by atoms with Crippen LogP contribution in [-0.2, 0) is 5.60 Å². The minimum absolute atomic E-state index is 0.214. The molecule has 0 aliphatic rings. The van der Waals surface area contributed by atoms with Gasteiger partial charge in [0.05, 0.1) is 10.4 Å². The molecular weight excluding hydrogens is 469 g/mol. The van der Waals surface area contributed by atoms with Crippen molar-refractivity contribution in [2.75, 3.05) is 0 Å². The third kappa shape index (κ3) is 3.77. The molecule has 1 N–H and O–H groups in total. The maximum absolute atomic E-state index is 13.4. The molecule has 0 spiro atoms. The summed E-state index contributed by atoms with van der Waals surface area (Å²) in [6, 6.07) is 17.8. The van der Waals surface area contributed by atoms with Crippen molar-refractivity contribution in [3.8, 4) is 11.1 Å². The molecule has 5 rings (SSSR count). The van der Waals surface area contributed by atoms with Crippen LogP contribution in [0, 0.1) is 0 Å². The Labute approximate surface area is 194 Å². The number of benzene rings is 2. The maximum Gasteiger partial charge on any atom is 0.422 e. The van der Waals surface area contributed by atoms with E-state index in [1.165, 1.54) is 18.7 Å². The first-order valence-electron chi connectivity index (χ1n) is 10.1. The van der Waals surface area contributed by atoms with Gasteiger partial charge < -0.3 is 5.11 Å². The largest absolute Gasteiger partial charge is 0.422 e. The van der Waals surface area contributed by atoms with E-state index in [1.54, 1.807) is 6.33 Å². The van der Waals surface area contributed by atoms with Crippen LogP contribution in [0.4, 0.5) is 13.2 Å². The van der Waals surface area contributed by atoms with Crippen molar-refractivity contribution < 1.29 is 18.3 Å². The molecule has 1 unspecified atom stereocenters. The van der Waals surface area contributed by atoms with E-state index in [0.717, 1.165) is 44.5 Å². The van der Waals surface area contributed by atoms with Gasteiger partial charge in [0.15, 0.2) is 15.6 Å². The van der Waals surface area contributed by atoms with E-state index >= 15 is 0 Å². The van der Waals surface area contributed by atoms with Crippen LogP contribution in [0.1, 0.15) is 18.2 Å². The highest BCUT2D eigenvalue weighted by Crippen LogP contribution is 2.45. The third-order valence-corrected chi connectivity index (χ3v) is 7.74. The zero-order valence-corrected chi connectivity index (χ0v) is 18.9. The number of aromatic nitrogens is 4. The van der Waals surface area contributed by atoms with Crippen molar-refractivity contribution in [3.63, 3.8) is 0 Å². The van der Waals surface area contributed by atoms with E-state index < -0.39 is 18.2 Å². The second kappa shape index (κ2) is 8.12. The lowest BCUT2D eigenvalue weighted by atomic mass is 9.99. The van der Waals surface area contributed by atoms with Crippen molar-refractivity contribution in [1.82, 2.24) is 19.6 Å². The van der Waals surface area contributed by atoms with Crippen LogP contribution in [-0.4, -0.2) is 30.9 Å². The molecule has 5 nitrogen and oxygen atoms in total. The fourth-order valence-corrected chi connectivity index (χ4v) is 5.87. The Balaban J connectivity index is 1.56. The van der Waals surface area contributed by atoms with Crippen LogP contribution in [0.5, 0.6) is 0 Å². The second-order valence-electron chi connectivity index (χ2n) is 7.47. The molecule has 0 aliphatic heterocycles. The molecule has 168 valence electrons. The number of thiazole rings is 1. The number of hydrogen-bond donors (Lipinski definition) is 1. The Morgan fingerprint density at radius 1 is 1.09 bits per heavy atom. The molecule has 2 aromatic carbocycles. The van der Waals surface area contributed by atoms with Gasteiger partial charge in [-0.15, -0.1) is 21.5 Å². The molecule has 0 saturated carbocycles. The lowest BCUT2D eigenvalue weighted by molar-refractivity contribution is -0.266. The lowest BCUT2D eigenvalue weighted by Gasteiger charge is -2.27. The van der Waals surface area contributed by atoms with Crippen LogP contribution in [0.2, 0.25) is 0 Å². The molecular formula is C23H17F3N4OS2. The Hall–Kier alpha value is -2.95. The molecule has 0 radical (unpaired) electrons. The Bertz CT molecular complexity index is 1450. The van der Waals surface area contributed by atoms with Crippen LogP contribution < -0.4 is 0 Å². The Morgan fingerprint density at radius 2 is 1.88 bits per heavy atom. The van der Waals surface area contributed by atoms with E-state index in [0.29, 0.717) is 9.99 Å². The molecule has 0 saturated heterocycles. The van der Waals surface area contributed by atoms with Gasteiger partial charge in [0, 0.05) is 16.5 Å². The summed E-state index contributed by atoms with van der Waals surface area (Å²) in [7, 11) is 0. The van der Waals surface area contributed by atoms with E-state index in [2.05, 4.69) is 15.2 Å². The molecule has 3 heterocycles. The number of nitrogens with zero attached hydrogens (tertiary/aromatic N) is 4. The third-order valence-electron chi connectivity index (χ3n) is 5.53. The van der Waals surface area contributed by atoms with Gasteiger partial charge in [-0.25, -0.2) is 4.98 Å². The lowest BCUT2D eigenvalue weighted by Crippen LogP contribution is -2.40.